The number of carbonyl (C=O) groups is 2. The van der Waals surface area contributed by atoms with E-state index in [0.717, 1.165) is 52.8 Å². The molecule has 5 rings (SSSR count). The first-order chi connectivity index (χ1) is 15.2. The van der Waals surface area contributed by atoms with E-state index in [2.05, 4.69) is 4.98 Å². The summed E-state index contributed by atoms with van der Waals surface area (Å²) in [6, 6.07) is 14.6. The first-order valence-corrected chi connectivity index (χ1v) is 10.2. The van der Waals surface area contributed by atoms with E-state index in [1.807, 2.05) is 42.5 Å². The minimum Gasteiger partial charge on any atom is -0.465 e. The highest BCUT2D eigenvalue weighted by Crippen LogP contribution is 2.36. The van der Waals surface area contributed by atoms with Crippen LogP contribution in [0.4, 0.5) is 0 Å². The molecule has 3 heterocycles. The number of nitrogens with one attached hydrogen (secondary N) is 1. The Morgan fingerprint density at radius 3 is 2.81 bits per heavy atom. The van der Waals surface area contributed by atoms with Crippen molar-refractivity contribution < 1.29 is 18.7 Å². The number of hydrogen-bond acceptors (Lipinski definition) is 5. The fraction of sp³-hybridized carbons (Fsp3) is 0.160. The Balaban J connectivity index is 1.55. The summed E-state index contributed by atoms with van der Waals surface area (Å²) in [6.45, 7) is -0.320. The lowest BCUT2D eigenvalue weighted by atomic mass is 9.86. The fourth-order valence-corrected chi connectivity index (χ4v) is 4.04. The van der Waals surface area contributed by atoms with Crippen molar-refractivity contribution in [2.75, 3.05) is 6.61 Å². The maximum Gasteiger partial charge on any atom is 0.339 e. The maximum absolute atomic E-state index is 13.2. The van der Waals surface area contributed by atoms with Gasteiger partial charge in [0.1, 0.15) is 5.76 Å². The van der Waals surface area contributed by atoms with Crippen LogP contribution in [-0.2, 0) is 11.2 Å². The SMILES string of the molecule is O=C(COC(=O)c1c2c(nc3ccccc13)/C(=C\c1ccco1)CCC2)c1ccc[nH]1. The normalized spacial score (nSPS) is 14.5. The van der Waals surface area contributed by atoms with Crippen molar-refractivity contribution >= 4 is 34.3 Å². The highest BCUT2D eigenvalue weighted by atomic mass is 16.5. The average molecular weight is 412 g/mol. The molecule has 1 N–H and O–H groups in total. The minimum absolute atomic E-state index is 0.274. The molecule has 0 spiro atoms. The van der Waals surface area contributed by atoms with Crippen LogP contribution in [0.5, 0.6) is 0 Å². The standard InChI is InChI=1S/C25H20N2O4/c28-22(21-11-4-12-26-21)15-31-25(29)23-18-8-1-2-10-20(18)27-24-16(6-3-9-19(23)24)14-17-7-5-13-30-17/h1-2,4-5,7-8,10-14,26H,3,6,9,15H2/b16-14-. The van der Waals surface area contributed by atoms with E-state index in [1.54, 1.807) is 24.6 Å². The van der Waals surface area contributed by atoms with Crippen molar-refractivity contribution in [2.24, 2.45) is 0 Å². The number of pyridine rings is 1. The predicted molar refractivity (Wildman–Crippen MR) is 117 cm³/mol. The molecular weight excluding hydrogens is 392 g/mol. The van der Waals surface area contributed by atoms with Gasteiger partial charge in [0.05, 0.1) is 28.7 Å². The Hall–Kier alpha value is -3.93. The van der Waals surface area contributed by atoms with Gasteiger partial charge in [-0.2, -0.15) is 0 Å². The van der Waals surface area contributed by atoms with Gasteiger partial charge in [0.2, 0.25) is 5.78 Å². The van der Waals surface area contributed by atoms with E-state index < -0.39 is 5.97 Å². The van der Waals surface area contributed by atoms with Crippen molar-refractivity contribution in [3.8, 4) is 0 Å². The summed E-state index contributed by atoms with van der Waals surface area (Å²) in [5.41, 5.74) is 4.31. The van der Waals surface area contributed by atoms with Gasteiger partial charge >= 0.3 is 5.97 Å². The zero-order chi connectivity index (χ0) is 21.2. The Labute approximate surface area is 178 Å². The Morgan fingerprint density at radius 2 is 2.00 bits per heavy atom. The molecule has 0 aliphatic heterocycles. The number of carbonyl (C=O) groups excluding carboxylic acids is 2. The molecule has 1 aliphatic carbocycles. The molecule has 0 saturated heterocycles. The van der Waals surface area contributed by atoms with Crippen LogP contribution in [0.15, 0.2) is 65.4 Å². The van der Waals surface area contributed by atoms with Gasteiger partial charge in [-0.15, -0.1) is 0 Å². The molecule has 0 radical (unpaired) electrons. The number of hydrogen-bond donors (Lipinski definition) is 1. The van der Waals surface area contributed by atoms with E-state index in [0.29, 0.717) is 11.3 Å². The van der Waals surface area contributed by atoms with Gasteiger partial charge in [0.25, 0.3) is 0 Å². The van der Waals surface area contributed by atoms with Gasteiger partial charge in [-0.1, -0.05) is 18.2 Å². The Morgan fingerprint density at radius 1 is 1.10 bits per heavy atom. The van der Waals surface area contributed by atoms with Crippen LogP contribution >= 0.6 is 0 Å². The number of ether oxygens (including phenoxy) is 1. The highest BCUT2D eigenvalue weighted by molar-refractivity contribution is 6.07. The number of aromatic amines is 1. The summed E-state index contributed by atoms with van der Waals surface area (Å²) in [5.74, 6) is -0.0310. The smallest absolute Gasteiger partial charge is 0.339 e. The minimum atomic E-state index is -0.506. The second-order valence-corrected chi connectivity index (χ2v) is 7.45. The van der Waals surface area contributed by atoms with Crippen LogP contribution in [0, 0.1) is 0 Å². The van der Waals surface area contributed by atoms with Crippen molar-refractivity contribution in [2.45, 2.75) is 19.3 Å². The number of allylic oxidation sites excluding steroid dienone is 1. The molecule has 1 aromatic carbocycles. The number of esters is 1. The quantitative estimate of drug-likeness (QED) is 0.365. The molecule has 6 nitrogen and oxygen atoms in total. The molecule has 3 aromatic heterocycles. The lowest BCUT2D eigenvalue weighted by Crippen LogP contribution is -2.18. The largest absolute Gasteiger partial charge is 0.465 e. The predicted octanol–water partition coefficient (Wildman–Crippen LogP) is 5.07. The third kappa shape index (κ3) is 3.68. The second kappa shape index (κ2) is 8.07. The summed E-state index contributed by atoms with van der Waals surface area (Å²) >= 11 is 0. The average Bonchev–Trinajstić information content (AvgIpc) is 3.50. The first-order valence-electron chi connectivity index (χ1n) is 10.2. The summed E-state index contributed by atoms with van der Waals surface area (Å²) < 4.78 is 10.9. The summed E-state index contributed by atoms with van der Waals surface area (Å²) in [6.07, 6.45) is 7.73. The number of furan rings is 1. The molecule has 1 aliphatic rings. The van der Waals surface area contributed by atoms with Crippen LogP contribution in [0.2, 0.25) is 0 Å². The number of benzene rings is 1. The summed E-state index contributed by atoms with van der Waals surface area (Å²) in [5, 5.41) is 0.734. The van der Waals surface area contributed by atoms with Gasteiger partial charge < -0.3 is 14.1 Å². The van der Waals surface area contributed by atoms with Gasteiger partial charge in [-0.25, -0.2) is 9.78 Å². The number of rotatable bonds is 5. The molecule has 0 unspecified atom stereocenters. The van der Waals surface area contributed by atoms with Crippen molar-refractivity contribution in [3.05, 3.63) is 89.3 Å². The van der Waals surface area contributed by atoms with E-state index in [-0.39, 0.29) is 12.4 Å². The number of fused-ring (bicyclic) bond motifs is 2. The number of aromatic nitrogens is 2. The fourth-order valence-electron chi connectivity index (χ4n) is 4.04. The zero-order valence-electron chi connectivity index (χ0n) is 16.8. The number of nitrogens with zero attached hydrogens (tertiary/aromatic N) is 1. The molecule has 0 bridgehead atoms. The third-order valence-electron chi connectivity index (χ3n) is 5.47. The van der Waals surface area contributed by atoms with Crippen LogP contribution in [0.3, 0.4) is 0 Å². The number of Topliss-reactive ketones (excluding diaryl/α,β-unsaturated/α-hetero) is 1. The van der Waals surface area contributed by atoms with Gasteiger partial charge in [-0.3, -0.25) is 4.79 Å². The Bertz CT molecular complexity index is 1280. The van der Waals surface area contributed by atoms with Crippen molar-refractivity contribution in [1.29, 1.82) is 0 Å². The molecule has 6 heteroatoms. The number of H-pyrrole nitrogens is 1. The van der Waals surface area contributed by atoms with Crippen LogP contribution in [0.25, 0.3) is 22.6 Å². The maximum atomic E-state index is 13.2. The lowest BCUT2D eigenvalue weighted by molar-refractivity contribution is 0.0474. The monoisotopic (exact) mass is 412 g/mol. The molecule has 4 aromatic rings. The molecule has 0 atom stereocenters. The molecule has 0 saturated carbocycles. The van der Waals surface area contributed by atoms with Crippen molar-refractivity contribution in [1.82, 2.24) is 9.97 Å². The Kier molecular flexibility index (Phi) is 4.96. The molecular formula is C25H20N2O4. The van der Waals surface area contributed by atoms with Crippen LogP contribution < -0.4 is 0 Å². The lowest BCUT2D eigenvalue weighted by Gasteiger charge is -2.22. The van der Waals surface area contributed by atoms with Gasteiger partial charge in [0.15, 0.2) is 6.61 Å². The third-order valence-corrected chi connectivity index (χ3v) is 5.47. The van der Waals surface area contributed by atoms with Crippen molar-refractivity contribution in [3.63, 3.8) is 0 Å². The van der Waals surface area contributed by atoms with Crippen LogP contribution in [0.1, 0.15) is 50.7 Å². The topological polar surface area (TPSA) is 85.2 Å². The molecule has 0 amide bonds. The first kappa shape index (κ1) is 19.1. The van der Waals surface area contributed by atoms with E-state index in [4.69, 9.17) is 14.1 Å². The number of para-hydroxylation sites is 1. The zero-order valence-corrected chi connectivity index (χ0v) is 16.8. The second-order valence-electron chi connectivity index (χ2n) is 7.45. The molecule has 154 valence electrons. The number of ketones is 1. The summed E-state index contributed by atoms with van der Waals surface area (Å²) in [7, 11) is 0. The van der Waals surface area contributed by atoms with E-state index in [9.17, 15) is 9.59 Å². The molecule has 31 heavy (non-hydrogen) atoms. The van der Waals surface area contributed by atoms with Crippen LogP contribution in [-0.4, -0.2) is 28.3 Å². The van der Waals surface area contributed by atoms with Gasteiger partial charge in [-0.05, 0) is 66.8 Å². The highest BCUT2D eigenvalue weighted by Gasteiger charge is 2.26. The molecule has 0 fully saturated rings. The van der Waals surface area contributed by atoms with Gasteiger partial charge in [0, 0.05) is 11.6 Å². The van der Waals surface area contributed by atoms with E-state index >= 15 is 0 Å². The summed E-state index contributed by atoms with van der Waals surface area (Å²) in [4.78, 5) is 33.2. The van der Waals surface area contributed by atoms with E-state index in [1.165, 1.54) is 0 Å².